The van der Waals surface area contributed by atoms with E-state index in [-0.39, 0.29) is 113 Å². The monoisotopic (exact) mass is 1260 g/mol. The van der Waals surface area contributed by atoms with Crippen LogP contribution in [0.3, 0.4) is 0 Å². The Hall–Kier alpha value is -5.23. The molecular formula is C73H116O17. The summed E-state index contributed by atoms with van der Waals surface area (Å²) in [5.41, 5.74) is 0. The Kier molecular flexibility index (Phi) is 45.9. The highest BCUT2D eigenvalue weighted by atomic mass is 16.7. The van der Waals surface area contributed by atoms with Gasteiger partial charge in [0, 0.05) is 38.0 Å². The van der Waals surface area contributed by atoms with Crippen molar-refractivity contribution in [2.75, 3.05) is 27.0 Å². The highest BCUT2D eigenvalue weighted by molar-refractivity contribution is 5.82. The normalized spacial score (nSPS) is 20.9. The van der Waals surface area contributed by atoms with Crippen molar-refractivity contribution >= 4 is 41.6 Å². The lowest BCUT2D eigenvalue weighted by Gasteiger charge is -2.27. The molecule has 3 aliphatic rings. The van der Waals surface area contributed by atoms with Crippen LogP contribution in [0.2, 0.25) is 0 Å². The summed E-state index contributed by atoms with van der Waals surface area (Å²) in [5, 5.41) is 20.7. The van der Waals surface area contributed by atoms with Gasteiger partial charge in [0.2, 0.25) is 13.6 Å². The minimum atomic E-state index is -0.985. The summed E-state index contributed by atoms with van der Waals surface area (Å²) < 4.78 is 42.2. The van der Waals surface area contributed by atoms with E-state index in [0.29, 0.717) is 32.1 Å². The molecule has 0 saturated carbocycles. The minimum Gasteiger partial charge on any atom is -0.462 e. The maximum Gasteiger partial charge on any atom is 0.313 e. The Labute approximate surface area is 539 Å². The lowest BCUT2D eigenvalue weighted by atomic mass is 9.84. The van der Waals surface area contributed by atoms with Gasteiger partial charge < -0.3 is 48.1 Å². The van der Waals surface area contributed by atoms with Crippen molar-refractivity contribution in [1.82, 2.24) is 0 Å². The van der Waals surface area contributed by atoms with Gasteiger partial charge in [-0.25, -0.2) is 0 Å². The average molecular weight is 1270 g/mol. The minimum absolute atomic E-state index is 0.0239. The van der Waals surface area contributed by atoms with Crippen molar-refractivity contribution in [3.8, 4) is 0 Å². The van der Waals surface area contributed by atoms with E-state index in [9.17, 15) is 43.8 Å². The topological polar surface area (TPSA) is 234 Å². The molecule has 0 spiro atoms. The molecule has 17 nitrogen and oxygen atoms in total. The summed E-state index contributed by atoms with van der Waals surface area (Å²) in [5.74, 6) is -3.70. The number of hydrogen-bond acceptors (Lipinski definition) is 17. The molecule has 3 fully saturated rings. The number of rotatable bonds is 51. The number of aliphatic hydroxyl groups is 2. The van der Waals surface area contributed by atoms with E-state index in [2.05, 4.69) is 50.3 Å². The van der Waals surface area contributed by atoms with Crippen LogP contribution in [0.15, 0.2) is 72.9 Å². The van der Waals surface area contributed by atoms with Crippen LogP contribution in [0.5, 0.6) is 0 Å². The zero-order valence-electron chi connectivity index (χ0n) is 55.3. The Bertz CT molecular complexity index is 2160. The van der Waals surface area contributed by atoms with Crippen LogP contribution in [0.4, 0.5) is 0 Å². The molecule has 0 aromatic rings. The molecule has 9 unspecified atom stereocenters. The van der Waals surface area contributed by atoms with Crippen molar-refractivity contribution in [3.63, 3.8) is 0 Å². The van der Waals surface area contributed by atoms with Crippen molar-refractivity contribution < 1.29 is 81.7 Å². The average Bonchev–Trinajstić information content (AvgIpc) is 2.35. The molecule has 90 heavy (non-hydrogen) atoms. The molecule has 0 aliphatic carbocycles. The van der Waals surface area contributed by atoms with Crippen LogP contribution in [0.25, 0.3) is 0 Å². The van der Waals surface area contributed by atoms with Gasteiger partial charge in [0.25, 0.3) is 0 Å². The number of ether oxygens (including phenoxy) is 8. The van der Waals surface area contributed by atoms with Crippen molar-refractivity contribution in [2.24, 2.45) is 35.5 Å². The Morgan fingerprint density at radius 2 is 1.01 bits per heavy atom. The molecule has 0 radical (unpaired) electrons. The predicted octanol–water partition coefficient (Wildman–Crippen LogP) is 15.7. The summed E-state index contributed by atoms with van der Waals surface area (Å²) >= 11 is 0. The third kappa shape index (κ3) is 38.6. The van der Waals surface area contributed by atoms with E-state index in [4.69, 9.17) is 37.9 Å². The first-order valence-electron chi connectivity index (χ1n) is 34.9. The van der Waals surface area contributed by atoms with Crippen molar-refractivity contribution in [1.29, 1.82) is 0 Å². The second-order valence-electron chi connectivity index (χ2n) is 24.7. The molecule has 3 saturated heterocycles. The van der Waals surface area contributed by atoms with E-state index in [1.54, 1.807) is 0 Å². The molecule has 0 amide bonds. The smallest absolute Gasteiger partial charge is 0.313 e. The number of Topliss-reactive ketones (excluding diaryl/α,β-unsaturated/α-hetero) is 1. The molecular weight excluding hydrogens is 1150 g/mol. The number of carbonyl (C=O) groups excluding carboxylic acids is 7. The van der Waals surface area contributed by atoms with E-state index in [1.807, 2.05) is 43.4 Å². The van der Waals surface area contributed by atoms with Gasteiger partial charge in [-0.2, -0.15) is 0 Å². The molecule has 510 valence electrons. The van der Waals surface area contributed by atoms with Gasteiger partial charge in [-0.15, -0.1) is 0 Å². The standard InChI is InChI=1S/C73H116O17/c1-4-7-9-10-26-35-44-60(65-53-70(79)86-57-89-73(65)82)45-37-29-24-25-32-40-48-67(76)90-62(50-49-61(74)46-38-30-22-18-14-12-11-13-16-20-27-34-41-58(6-3)63-51-68(77)84-55-87-71(63)80)54-83-66(75)47-39-31-23-19-15-17-21-28-36-43-59(42-33-8-5-2)64-52-69(78)85-56-88-72(64)81/h11,13,20-21,27-28,34,36-37,41,43,45,58-60,62-65,69,72,78,81H,4-10,12,14-19,22-26,29-33,35,38-40,42,44,46-57H2,1-3H3/b13-11-,27-20-,28-21-,41-34+,43-36+,45-37+. The molecule has 17 heteroatoms. The van der Waals surface area contributed by atoms with Crippen LogP contribution < -0.4 is 0 Å². The zero-order valence-corrected chi connectivity index (χ0v) is 55.3. The quantitative estimate of drug-likeness (QED) is 0.0189. The molecule has 2 N–H and O–H groups in total. The van der Waals surface area contributed by atoms with Gasteiger partial charge >= 0.3 is 35.8 Å². The van der Waals surface area contributed by atoms with Gasteiger partial charge in [-0.3, -0.25) is 33.6 Å². The fourth-order valence-electron chi connectivity index (χ4n) is 11.7. The zero-order chi connectivity index (χ0) is 65.1. The highest BCUT2D eigenvalue weighted by Crippen LogP contribution is 2.32. The fourth-order valence-corrected chi connectivity index (χ4v) is 11.7. The van der Waals surface area contributed by atoms with Crippen LogP contribution in [0.1, 0.15) is 265 Å². The molecule has 0 aromatic carbocycles. The summed E-state index contributed by atoms with van der Waals surface area (Å²) in [4.78, 5) is 88.4. The summed E-state index contributed by atoms with van der Waals surface area (Å²) in [6, 6.07) is 0. The Balaban J connectivity index is 1.39. The third-order valence-electron chi connectivity index (χ3n) is 17.2. The lowest BCUT2D eigenvalue weighted by molar-refractivity contribution is -0.199. The predicted molar refractivity (Wildman–Crippen MR) is 347 cm³/mol. The van der Waals surface area contributed by atoms with E-state index < -0.39 is 48.4 Å². The molecule has 3 heterocycles. The van der Waals surface area contributed by atoms with Crippen LogP contribution >= 0.6 is 0 Å². The number of esters is 6. The molecule has 9 atom stereocenters. The lowest BCUT2D eigenvalue weighted by Crippen LogP contribution is -2.30. The van der Waals surface area contributed by atoms with Crippen LogP contribution in [0, 0.1) is 35.5 Å². The Morgan fingerprint density at radius 3 is 1.67 bits per heavy atom. The van der Waals surface area contributed by atoms with Gasteiger partial charge in [-0.1, -0.05) is 203 Å². The molecule has 0 aromatic heterocycles. The number of unbranched alkanes of at least 4 members (excludes halogenated alkanes) is 21. The Morgan fingerprint density at radius 1 is 0.489 bits per heavy atom. The van der Waals surface area contributed by atoms with Gasteiger partial charge in [0.15, 0.2) is 19.4 Å². The third-order valence-corrected chi connectivity index (χ3v) is 17.2. The van der Waals surface area contributed by atoms with Crippen LogP contribution in [-0.2, 0) is 71.5 Å². The number of ketones is 1. The van der Waals surface area contributed by atoms with Gasteiger partial charge in [0.1, 0.15) is 18.5 Å². The van der Waals surface area contributed by atoms with Crippen molar-refractivity contribution in [3.05, 3.63) is 72.9 Å². The van der Waals surface area contributed by atoms with E-state index in [0.717, 1.165) is 154 Å². The maximum absolute atomic E-state index is 13.2. The molecule has 3 rings (SSSR count). The molecule has 3 aliphatic heterocycles. The fraction of sp³-hybridized carbons (Fsp3) is 0.740. The van der Waals surface area contributed by atoms with E-state index in [1.165, 1.54) is 19.3 Å². The SMILES string of the molecule is CCCCCCCCC(/C=C/CCCCCCC(=O)OC(CCC(=O)CCCCCCC/C=C\C/C=C\C=C\C(CC)C1CC(=O)OCOC1=O)COC(=O)CCCCCCC/C=C\C=C\C(CCCCC)C1CC(O)OCOC1O)C1CC(=O)OCOC1=O. The highest BCUT2D eigenvalue weighted by Gasteiger charge is 2.35. The van der Waals surface area contributed by atoms with Gasteiger partial charge in [0.05, 0.1) is 24.7 Å². The first kappa shape index (κ1) is 79.0. The summed E-state index contributed by atoms with van der Waals surface area (Å²) in [6.45, 7) is 5.47. The number of hydrogen-bond donors (Lipinski definition) is 2. The van der Waals surface area contributed by atoms with Crippen molar-refractivity contribution in [2.45, 2.75) is 283 Å². The number of allylic oxidation sites excluding steroid dienone is 12. The second kappa shape index (κ2) is 52.3. The van der Waals surface area contributed by atoms with Gasteiger partial charge in [-0.05, 0) is 108 Å². The number of carbonyl (C=O) groups is 7. The number of cyclic esters (lactones) is 4. The largest absolute Gasteiger partial charge is 0.462 e. The number of aliphatic hydroxyl groups excluding tert-OH is 2. The van der Waals surface area contributed by atoms with Crippen LogP contribution in [-0.4, -0.2) is 97.5 Å². The second-order valence-corrected chi connectivity index (χ2v) is 24.7. The summed E-state index contributed by atoms with van der Waals surface area (Å²) in [6.07, 6.45) is 52.6. The first-order chi connectivity index (χ1) is 43.8. The summed E-state index contributed by atoms with van der Waals surface area (Å²) in [7, 11) is 0. The first-order valence-corrected chi connectivity index (χ1v) is 34.9. The van der Waals surface area contributed by atoms with E-state index >= 15 is 0 Å². The molecule has 0 bridgehead atoms. The maximum atomic E-state index is 13.2.